The highest BCUT2D eigenvalue weighted by Crippen LogP contribution is 2.40. The van der Waals surface area contributed by atoms with E-state index in [0.29, 0.717) is 17.1 Å². The second-order valence-electron chi connectivity index (χ2n) is 4.12. The molecule has 0 spiro atoms. The average molecular weight is 254 g/mol. The summed E-state index contributed by atoms with van der Waals surface area (Å²) in [6.45, 7) is 0. The summed E-state index contributed by atoms with van der Waals surface area (Å²) < 4.78 is 0. The van der Waals surface area contributed by atoms with Crippen molar-refractivity contribution in [3.63, 3.8) is 0 Å². The maximum atomic E-state index is 5.75. The molecule has 0 bridgehead atoms. The molecule has 6 heteroatoms. The largest absolute Gasteiger partial charge is 0.368 e. The third-order valence-corrected chi connectivity index (χ3v) is 5.48. The summed E-state index contributed by atoms with van der Waals surface area (Å²) in [7, 11) is 0. The molecule has 1 saturated carbocycles. The van der Waals surface area contributed by atoms with E-state index >= 15 is 0 Å². The molecular weight excluding hydrogens is 240 g/mol. The van der Waals surface area contributed by atoms with Gasteiger partial charge in [-0.1, -0.05) is 0 Å². The van der Waals surface area contributed by atoms with Gasteiger partial charge in [0.25, 0.3) is 0 Å². The van der Waals surface area contributed by atoms with Crippen molar-refractivity contribution in [3.8, 4) is 0 Å². The number of thioether (sulfide) groups is 2. The first kappa shape index (κ1) is 10.7. The van der Waals surface area contributed by atoms with Crippen molar-refractivity contribution >= 4 is 29.5 Å². The van der Waals surface area contributed by atoms with E-state index in [0.717, 1.165) is 17.4 Å². The van der Waals surface area contributed by atoms with Crippen molar-refractivity contribution in [2.45, 2.75) is 24.0 Å². The van der Waals surface area contributed by atoms with E-state index in [4.69, 9.17) is 5.73 Å². The smallest absolute Gasteiger partial charge is 0.223 e. The SMILES string of the molecule is Nc1nc(C2CC2)nc(C2CSCCS2)n1. The Bertz CT molecular complexity index is 388. The summed E-state index contributed by atoms with van der Waals surface area (Å²) in [6.07, 6.45) is 2.41. The standard InChI is InChI=1S/C10H14N4S2/c11-10-13-8(6-1-2-6)12-9(14-10)7-5-15-3-4-16-7/h6-7H,1-5H2,(H2,11,12,13,14). The van der Waals surface area contributed by atoms with Crippen LogP contribution in [0.3, 0.4) is 0 Å². The van der Waals surface area contributed by atoms with E-state index in [1.807, 2.05) is 23.5 Å². The highest BCUT2D eigenvalue weighted by molar-refractivity contribution is 8.06. The maximum Gasteiger partial charge on any atom is 0.223 e. The van der Waals surface area contributed by atoms with E-state index in [-0.39, 0.29) is 0 Å². The van der Waals surface area contributed by atoms with Crippen LogP contribution in [-0.4, -0.2) is 32.2 Å². The molecular formula is C10H14N4S2. The van der Waals surface area contributed by atoms with Crippen LogP contribution in [0.2, 0.25) is 0 Å². The van der Waals surface area contributed by atoms with Crippen LogP contribution in [-0.2, 0) is 0 Å². The molecule has 1 aliphatic carbocycles. The van der Waals surface area contributed by atoms with E-state index < -0.39 is 0 Å². The summed E-state index contributed by atoms with van der Waals surface area (Å²) in [5, 5.41) is 0.404. The molecule has 2 fully saturated rings. The monoisotopic (exact) mass is 254 g/mol. The van der Waals surface area contributed by atoms with Crippen LogP contribution >= 0.6 is 23.5 Å². The molecule has 1 aliphatic heterocycles. The van der Waals surface area contributed by atoms with Gasteiger partial charge in [0.2, 0.25) is 5.95 Å². The van der Waals surface area contributed by atoms with Gasteiger partial charge in [0.05, 0.1) is 5.25 Å². The number of hydrogen-bond donors (Lipinski definition) is 1. The van der Waals surface area contributed by atoms with Gasteiger partial charge in [0.1, 0.15) is 11.6 Å². The molecule has 3 rings (SSSR count). The Balaban J connectivity index is 1.86. The number of hydrogen-bond acceptors (Lipinski definition) is 6. The topological polar surface area (TPSA) is 64.7 Å². The average Bonchev–Trinajstić information content (AvgIpc) is 3.13. The van der Waals surface area contributed by atoms with Crippen LogP contribution in [0.5, 0.6) is 0 Å². The van der Waals surface area contributed by atoms with Crippen LogP contribution in [0.1, 0.15) is 35.7 Å². The van der Waals surface area contributed by atoms with Gasteiger partial charge >= 0.3 is 0 Å². The first-order valence-corrected chi connectivity index (χ1v) is 7.74. The van der Waals surface area contributed by atoms with E-state index in [1.165, 1.54) is 24.3 Å². The fourth-order valence-corrected chi connectivity index (χ4v) is 4.33. The molecule has 1 aromatic heterocycles. The molecule has 0 aromatic carbocycles. The lowest BCUT2D eigenvalue weighted by Gasteiger charge is -2.19. The van der Waals surface area contributed by atoms with Crippen LogP contribution < -0.4 is 5.73 Å². The fourth-order valence-electron chi connectivity index (χ4n) is 1.73. The van der Waals surface area contributed by atoms with E-state index in [2.05, 4.69) is 15.0 Å². The number of rotatable bonds is 2. The van der Waals surface area contributed by atoms with Crippen LogP contribution in [0.25, 0.3) is 0 Å². The first-order valence-electron chi connectivity index (χ1n) is 5.53. The summed E-state index contributed by atoms with van der Waals surface area (Å²) in [4.78, 5) is 13.1. The Morgan fingerprint density at radius 1 is 1.06 bits per heavy atom. The molecule has 16 heavy (non-hydrogen) atoms. The van der Waals surface area contributed by atoms with Gasteiger partial charge in [-0.2, -0.15) is 21.7 Å². The molecule has 2 heterocycles. The summed E-state index contributed by atoms with van der Waals surface area (Å²) >= 11 is 3.91. The molecule has 1 unspecified atom stereocenters. The Morgan fingerprint density at radius 3 is 2.56 bits per heavy atom. The third kappa shape index (κ3) is 2.27. The number of aromatic nitrogens is 3. The summed E-state index contributed by atoms with van der Waals surface area (Å²) in [5.74, 6) is 6.26. The Kier molecular flexibility index (Phi) is 2.93. The van der Waals surface area contributed by atoms with Crippen molar-refractivity contribution in [1.82, 2.24) is 15.0 Å². The van der Waals surface area contributed by atoms with Gasteiger partial charge in [0.15, 0.2) is 0 Å². The lowest BCUT2D eigenvalue weighted by atomic mass is 10.3. The number of nitrogen functional groups attached to an aromatic ring is 1. The normalized spacial score (nSPS) is 25.6. The molecule has 1 aromatic rings. The van der Waals surface area contributed by atoms with Crippen LogP contribution in [0, 0.1) is 0 Å². The Hall–Kier alpha value is -0.490. The minimum absolute atomic E-state index is 0.392. The van der Waals surface area contributed by atoms with Gasteiger partial charge < -0.3 is 5.73 Å². The number of anilines is 1. The molecule has 0 amide bonds. The van der Waals surface area contributed by atoms with E-state index in [1.54, 1.807) is 0 Å². The lowest BCUT2D eigenvalue weighted by molar-refractivity contribution is 0.821. The van der Waals surface area contributed by atoms with Crippen LogP contribution in [0.15, 0.2) is 0 Å². The molecule has 0 radical (unpaired) electrons. The number of nitrogens with zero attached hydrogens (tertiary/aromatic N) is 3. The second-order valence-corrected chi connectivity index (χ2v) is 6.58. The van der Waals surface area contributed by atoms with Crippen molar-refractivity contribution in [2.75, 3.05) is 23.0 Å². The van der Waals surface area contributed by atoms with Crippen molar-refractivity contribution in [2.24, 2.45) is 0 Å². The highest BCUT2D eigenvalue weighted by Gasteiger charge is 2.29. The zero-order chi connectivity index (χ0) is 11.0. The van der Waals surface area contributed by atoms with Gasteiger partial charge in [0, 0.05) is 23.2 Å². The predicted octanol–water partition coefficient (Wildman–Crippen LogP) is 1.85. The highest BCUT2D eigenvalue weighted by atomic mass is 32.2. The van der Waals surface area contributed by atoms with Crippen molar-refractivity contribution < 1.29 is 0 Å². The zero-order valence-corrected chi connectivity index (χ0v) is 10.6. The Labute approximate surface area is 103 Å². The predicted molar refractivity (Wildman–Crippen MR) is 68.7 cm³/mol. The Morgan fingerprint density at radius 2 is 1.88 bits per heavy atom. The zero-order valence-electron chi connectivity index (χ0n) is 8.93. The first-order chi connectivity index (χ1) is 7.83. The van der Waals surface area contributed by atoms with Gasteiger partial charge in [-0.25, -0.2) is 4.98 Å². The molecule has 1 atom stereocenters. The summed E-state index contributed by atoms with van der Waals surface area (Å²) in [5.41, 5.74) is 5.75. The quantitative estimate of drug-likeness (QED) is 0.869. The van der Waals surface area contributed by atoms with Crippen molar-refractivity contribution in [3.05, 3.63) is 11.6 Å². The minimum Gasteiger partial charge on any atom is -0.368 e. The van der Waals surface area contributed by atoms with Gasteiger partial charge in [-0.05, 0) is 12.8 Å². The second kappa shape index (κ2) is 4.41. The number of nitrogens with two attached hydrogens (primary N) is 1. The maximum absolute atomic E-state index is 5.75. The molecule has 4 nitrogen and oxygen atoms in total. The van der Waals surface area contributed by atoms with Crippen LogP contribution in [0.4, 0.5) is 5.95 Å². The van der Waals surface area contributed by atoms with Gasteiger partial charge in [-0.3, -0.25) is 0 Å². The molecule has 86 valence electrons. The van der Waals surface area contributed by atoms with Gasteiger partial charge in [-0.15, -0.1) is 11.8 Å². The minimum atomic E-state index is 0.392. The lowest BCUT2D eigenvalue weighted by Crippen LogP contribution is -2.14. The molecule has 2 N–H and O–H groups in total. The van der Waals surface area contributed by atoms with E-state index in [9.17, 15) is 0 Å². The molecule has 2 aliphatic rings. The summed E-state index contributed by atoms with van der Waals surface area (Å²) in [6, 6.07) is 0. The van der Waals surface area contributed by atoms with Crippen molar-refractivity contribution in [1.29, 1.82) is 0 Å². The molecule has 1 saturated heterocycles. The third-order valence-electron chi connectivity index (χ3n) is 2.73. The fraction of sp³-hybridized carbons (Fsp3) is 0.700.